The quantitative estimate of drug-likeness (QED) is 0.654. The number of amides is 1. The van der Waals surface area contributed by atoms with E-state index in [4.69, 9.17) is 18.0 Å². The van der Waals surface area contributed by atoms with Crippen molar-refractivity contribution >= 4 is 23.1 Å². The molecule has 110 valence electrons. The number of nitrogens with two attached hydrogens (primary N) is 1. The van der Waals surface area contributed by atoms with Crippen LogP contribution in [0.2, 0.25) is 0 Å². The maximum atomic E-state index is 12.0. The van der Waals surface area contributed by atoms with Crippen LogP contribution in [0, 0.1) is 5.92 Å². The van der Waals surface area contributed by atoms with Gasteiger partial charge in [0, 0.05) is 39.5 Å². The van der Waals surface area contributed by atoms with Crippen LogP contribution in [0.4, 0.5) is 0 Å². The highest BCUT2D eigenvalue weighted by atomic mass is 32.1. The van der Waals surface area contributed by atoms with Gasteiger partial charge in [-0.2, -0.15) is 0 Å². The van der Waals surface area contributed by atoms with E-state index >= 15 is 0 Å². The first kappa shape index (κ1) is 16.4. The molecular weight excluding hydrogens is 258 g/mol. The molecule has 0 aliphatic heterocycles. The van der Waals surface area contributed by atoms with E-state index in [-0.39, 0.29) is 5.91 Å². The van der Waals surface area contributed by atoms with Crippen LogP contribution in [0.5, 0.6) is 0 Å². The van der Waals surface area contributed by atoms with Crippen molar-refractivity contribution in [1.29, 1.82) is 0 Å². The van der Waals surface area contributed by atoms with Crippen molar-refractivity contribution in [2.75, 3.05) is 33.2 Å². The second-order valence-corrected chi connectivity index (χ2v) is 6.00. The van der Waals surface area contributed by atoms with Crippen LogP contribution < -0.4 is 5.73 Å². The summed E-state index contributed by atoms with van der Waals surface area (Å²) in [4.78, 5) is 16.6. The van der Waals surface area contributed by atoms with Crippen molar-refractivity contribution < 1.29 is 4.79 Å². The smallest absolute Gasteiger partial charge is 0.223 e. The molecule has 0 heterocycles. The van der Waals surface area contributed by atoms with E-state index in [9.17, 15) is 4.79 Å². The Labute approximate surface area is 122 Å². The van der Waals surface area contributed by atoms with Gasteiger partial charge in [0.1, 0.15) is 0 Å². The molecule has 0 radical (unpaired) electrons. The molecule has 5 heteroatoms. The van der Waals surface area contributed by atoms with Crippen molar-refractivity contribution in [3.63, 3.8) is 0 Å². The second-order valence-electron chi connectivity index (χ2n) is 5.47. The van der Waals surface area contributed by atoms with Crippen LogP contribution in [0.3, 0.4) is 0 Å². The topological polar surface area (TPSA) is 49.6 Å². The Morgan fingerprint density at radius 3 is 2.47 bits per heavy atom. The molecule has 1 aliphatic carbocycles. The third-order valence-electron chi connectivity index (χ3n) is 3.95. The van der Waals surface area contributed by atoms with Crippen LogP contribution in [-0.2, 0) is 4.79 Å². The number of hydrogen-bond acceptors (Lipinski definition) is 3. The highest BCUT2D eigenvalue weighted by Crippen LogP contribution is 2.27. The summed E-state index contributed by atoms with van der Waals surface area (Å²) >= 11 is 4.82. The molecule has 4 nitrogen and oxygen atoms in total. The van der Waals surface area contributed by atoms with Crippen LogP contribution in [0.15, 0.2) is 0 Å². The van der Waals surface area contributed by atoms with Crippen LogP contribution in [0.25, 0.3) is 0 Å². The van der Waals surface area contributed by atoms with E-state index in [0.717, 1.165) is 25.6 Å². The summed E-state index contributed by atoms with van der Waals surface area (Å²) in [5.41, 5.74) is 5.45. The summed E-state index contributed by atoms with van der Waals surface area (Å²) in [6.07, 6.45) is 5.30. The minimum Gasteiger partial charge on any atom is -0.393 e. The zero-order valence-corrected chi connectivity index (χ0v) is 13.0. The number of hydrogen-bond donors (Lipinski definition) is 1. The molecule has 0 aromatic rings. The Morgan fingerprint density at radius 2 is 2.00 bits per heavy atom. The van der Waals surface area contributed by atoms with E-state index in [1.54, 1.807) is 4.90 Å². The van der Waals surface area contributed by atoms with Gasteiger partial charge in [0.05, 0.1) is 4.99 Å². The van der Waals surface area contributed by atoms with Crippen LogP contribution >= 0.6 is 12.2 Å². The third kappa shape index (κ3) is 6.34. The monoisotopic (exact) mass is 285 g/mol. The summed E-state index contributed by atoms with van der Waals surface area (Å²) < 4.78 is 0. The summed E-state index contributed by atoms with van der Waals surface area (Å²) in [6, 6.07) is 0. The van der Waals surface area contributed by atoms with Crippen molar-refractivity contribution in [1.82, 2.24) is 9.80 Å². The van der Waals surface area contributed by atoms with E-state index in [2.05, 4.69) is 11.8 Å². The van der Waals surface area contributed by atoms with Crippen molar-refractivity contribution in [3.05, 3.63) is 0 Å². The van der Waals surface area contributed by atoms with Gasteiger partial charge in [-0.1, -0.05) is 25.6 Å². The van der Waals surface area contributed by atoms with E-state index in [0.29, 0.717) is 24.4 Å². The molecule has 19 heavy (non-hydrogen) atoms. The Morgan fingerprint density at radius 1 is 1.32 bits per heavy atom. The molecule has 0 saturated heterocycles. The second kappa shape index (κ2) is 8.48. The predicted octanol–water partition coefficient (Wildman–Crippen LogP) is 1.63. The average molecular weight is 285 g/mol. The molecule has 0 spiro atoms. The highest BCUT2D eigenvalue weighted by Gasteiger charge is 2.20. The standard InChI is InChI=1S/C14H27N3OS/c1-3-17(11-12-5-4-6-12)10-8-14(18)16(2)9-7-13(15)19/h12H,3-11H2,1-2H3,(H2,15,19). The van der Waals surface area contributed by atoms with Crippen molar-refractivity contribution in [2.45, 2.75) is 39.0 Å². The van der Waals surface area contributed by atoms with Crippen molar-refractivity contribution in [3.8, 4) is 0 Å². The lowest BCUT2D eigenvalue weighted by Crippen LogP contribution is -2.37. The van der Waals surface area contributed by atoms with Crippen LogP contribution in [-0.4, -0.2) is 53.9 Å². The average Bonchev–Trinajstić information content (AvgIpc) is 2.33. The molecule has 1 rings (SSSR count). The Kier molecular flexibility index (Phi) is 7.31. The highest BCUT2D eigenvalue weighted by molar-refractivity contribution is 7.80. The zero-order chi connectivity index (χ0) is 14.3. The van der Waals surface area contributed by atoms with Gasteiger partial charge in [-0.3, -0.25) is 4.79 Å². The van der Waals surface area contributed by atoms with Crippen molar-refractivity contribution in [2.24, 2.45) is 11.7 Å². The number of carbonyl (C=O) groups excluding carboxylic acids is 1. The van der Waals surface area contributed by atoms with E-state index in [1.807, 2.05) is 7.05 Å². The lowest BCUT2D eigenvalue weighted by Gasteiger charge is -2.32. The zero-order valence-electron chi connectivity index (χ0n) is 12.2. The lowest BCUT2D eigenvalue weighted by atomic mass is 9.85. The normalized spacial score (nSPS) is 15.3. The van der Waals surface area contributed by atoms with Gasteiger partial charge in [-0.05, 0) is 25.3 Å². The van der Waals surface area contributed by atoms with Gasteiger partial charge < -0.3 is 15.5 Å². The molecule has 0 atom stereocenters. The van der Waals surface area contributed by atoms with Gasteiger partial charge in [0.15, 0.2) is 0 Å². The molecule has 1 saturated carbocycles. The predicted molar refractivity (Wildman–Crippen MR) is 83.1 cm³/mol. The molecular formula is C14H27N3OS. The number of nitrogens with zero attached hydrogens (tertiary/aromatic N) is 2. The van der Waals surface area contributed by atoms with E-state index in [1.165, 1.54) is 19.3 Å². The fraction of sp³-hybridized carbons (Fsp3) is 0.857. The first-order valence-electron chi connectivity index (χ1n) is 7.27. The molecule has 1 aliphatic rings. The van der Waals surface area contributed by atoms with Gasteiger partial charge in [0.25, 0.3) is 0 Å². The molecule has 0 aromatic heterocycles. The largest absolute Gasteiger partial charge is 0.393 e. The van der Waals surface area contributed by atoms with Gasteiger partial charge in [-0.15, -0.1) is 0 Å². The molecule has 1 amide bonds. The molecule has 1 fully saturated rings. The summed E-state index contributed by atoms with van der Waals surface area (Å²) in [5.74, 6) is 1.05. The maximum Gasteiger partial charge on any atom is 0.223 e. The van der Waals surface area contributed by atoms with Gasteiger partial charge in [0.2, 0.25) is 5.91 Å². The Balaban J connectivity index is 2.20. The summed E-state index contributed by atoms with van der Waals surface area (Å²) in [6.45, 7) is 5.84. The van der Waals surface area contributed by atoms with Gasteiger partial charge in [-0.25, -0.2) is 0 Å². The summed E-state index contributed by atoms with van der Waals surface area (Å²) in [5, 5.41) is 0. The minimum absolute atomic E-state index is 0.184. The third-order valence-corrected chi connectivity index (χ3v) is 4.15. The first-order chi connectivity index (χ1) is 9.02. The van der Waals surface area contributed by atoms with Crippen LogP contribution in [0.1, 0.15) is 39.0 Å². The Hall–Kier alpha value is -0.680. The molecule has 0 unspecified atom stereocenters. The summed E-state index contributed by atoms with van der Waals surface area (Å²) in [7, 11) is 1.82. The minimum atomic E-state index is 0.184. The number of rotatable bonds is 9. The SMILES string of the molecule is CCN(CCC(=O)N(C)CCC(N)=S)CC1CCC1. The number of carbonyl (C=O) groups is 1. The maximum absolute atomic E-state index is 12.0. The fourth-order valence-electron chi connectivity index (χ4n) is 2.27. The van der Waals surface area contributed by atoms with Gasteiger partial charge >= 0.3 is 0 Å². The first-order valence-corrected chi connectivity index (χ1v) is 7.68. The lowest BCUT2D eigenvalue weighted by molar-refractivity contribution is -0.130. The van der Waals surface area contributed by atoms with E-state index < -0.39 is 0 Å². The Bertz CT molecular complexity index is 305. The molecule has 2 N–H and O–H groups in total. The molecule has 0 bridgehead atoms. The fourth-order valence-corrected chi connectivity index (χ4v) is 2.36. The number of thiocarbonyl (C=S) groups is 1. The molecule has 0 aromatic carbocycles.